The topological polar surface area (TPSA) is 84.9 Å². The first-order chi connectivity index (χ1) is 8.26. The smallest absolute Gasteiger partial charge is 0.408 e. The van der Waals surface area contributed by atoms with Crippen molar-refractivity contribution in [3.63, 3.8) is 0 Å². The lowest BCUT2D eigenvalue weighted by atomic mass is 10.2. The molecule has 0 heterocycles. The summed E-state index contributed by atoms with van der Waals surface area (Å²) < 4.78 is 10.0. The molecule has 6 nitrogen and oxygen atoms in total. The Hall–Kier alpha value is -1.56. The molecule has 1 amide bonds. The molecule has 0 aromatic carbocycles. The van der Waals surface area contributed by atoms with Crippen LogP contribution in [0.3, 0.4) is 0 Å². The van der Waals surface area contributed by atoms with Crippen molar-refractivity contribution in [3.05, 3.63) is 12.7 Å². The lowest BCUT2D eigenvalue weighted by molar-refractivity contribution is -0.140. The first kappa shape index (κ1) is 16.4. The number of rotatable bonds is 7. The lowest BCUT2D eigenvalue weighted by Gasteiger charge is -2.21. The highest BCUT2D eigenvalue weighted by Gasteiger charge is 2.21. The number of carbonyl (C=O) groups is 2. The number of hydrogen-bond acceptors (Lipinski definition) is 4. The third-order valence-electron chi connectivity index (χ3n) is 1.86. The van der Waals surface area contributed by atoms with Crippen molar-refractivity contribution < 1.29 is 24.2 Å². The number of alkyl carbamates (subject to hydrolysis) is 1. The molecule has 1 unspecified atom stereocenters. The molecule has 0 aromatic heterocycles. The second-order valence-corrected chi connectivity index (χ2v) is 4.67. The average Bonchev–Trinajstić information content (AvgIpc) is 2.23. The zero-order valence-electron chi connectivity index (χ0n) is 11.1. The van der Waals surface area contributed by atoms with E-state index in [1.807, 2.05) is 20.8 Å². The summed E-state index contributed by atoms with van der Waals surface area (Å²) >= 11 is 0. The Bertz CT molecular complexity index is 295. The molecule has 0 aliphatic carbocycles. The van der Waals surface area contributed by atoms with Gasteiger partial charge in [0.05, 0.1) is 5.60 Å². The van der Waals surface area contributed by atoms with Gasteiger partial charge in [-0.05, 0) is 20.8 Å². The summed E-state index contributed by atoms with van der Waals surface area (Å²) in [7, 11) is 0. The van der Waals surface area contributed by atoms with E-state index in [1.54, 1.807) is 0 Å². The van der Waals surface area contributed by atoms with Gasteiger partial charge in [0, 0.05) is 13.0 Å². The molecule has 0 aliphatic rings. The number of ether oxygens (including phenoxy) is 2. The number of aliphatic carboxylic acids is 1. The molecular formula is C12H21NO5. The number of amides is 1. The standard InChI is InChI=1S/C12H21NO5/c1-5-7-17-11(16)13-9(10(14)15)6-8-18-12(2,3)4/h5,9H,1,6-8H2,2-4H3,(H,13,16)(H,14,15). The van der Waals surface area contributed by atoms with Crippen molar-refractivity contribution in [2.75, 3.05) is 13.2 Å². The van der Waals surface area contributed by atoms with Crippen LogP contribution >= 0.6 is 0 Å². The van der Waals surface area contributed by atoms with Gasteiger partial charge in [-0.15, -0.1) is 0 Å². The predicted octanol–water partition coefficient (Wildman–Crippen LogP) is 1.56. The summed E-state index contributed by atoms with van der Waals surface area (Å²) in [6, 6.07) is -1.02. The highest BCUT2D eigenvalue weighted by molar-refractivity contribution is 5.79. The number of carboxylic acid groups (broad SMARTS) is 1. The van der Waals surface area contributed by atoms with E-state index in [-0.39, 0.29) is 25.2 Å². The van der Waals surface area contributed by atoms with Crippen LogP contribution in [0.25, 0.3) is 0 Å². The molecule has 0 saturated heterocycles. The molecule has 104 valence electrons. The third-order valence-corrected chi connectivity index (χ3v) is 1.86. The quantitative estimate of drug-likeness (QED) is 0.678. The van der Waals surface area contributed by atoms with Crippen LogP contribution < -0.4 is 5.32 Å². The fourth-order valence-corrected chi connectivity index (χ4v) is 1.06. The summed E-state index contributed by atoms with van der Waals surface area (Å²) in [5, 5.41) is 11.2. The van der Waals surface area contributed by atoms with Crippen molar-refractivity contribution >= 4 is 12.1 Å². The van der Waals surface area contributed by atoms with Crippen LogP contribution in [0.1, 0.15) is 27.2 Å². The Balaban J connectivity index is 4.11. The van der Waals surface area contributed by atoms with Crippen molar-refractivity contribution in [2.45, 2.75) is 38.8 Å². The number of carbonyl (C=O) groups excluding carboxylic acids is 1. The Labute approximate surface area is 107 Å². The van der Waals surface area contributed by atoms with Crippen LogP contribution in [0.2, 0.25) is 0 Å². The summed E-state index contributed by atoms with van der Waals surface area (Å²) in [5.74, 6) is -1.12. The molecule has 0 rings (SSSR count). The number of hydrogen-bond donors (Lipinski definition) is 2. The van der Waals surface area contributed by atoms with Crippen LogP contribution in [0.4, 0.5) is 4.79 Å². The third kappa shape index (κ3) is 8.58. The van der Waals surface area contributed by atoms with Crippen molar-refractivity contribution in [3.8, 4) is 0 Å². The Morgan fingerprint density at radius 3 is 2.50 bits per heavy atom. The molecule has 0 aliphatic heterocycles. The minimum absolute atomic E-state index is 0.0384. The SMILES string of the molecule is C=CCOC(=O)NC(CCOC(C)(C)C)C(=O)O. The molecule has 0 bridgehead atoms. The molecule has 0 aromatic rings. The highest BCUT2D eigenvalue weighted by Crippen LogP contribution is 2.08. The van der Waals surface area contributed by atoms with Gasteiger partial charge in [0.1, 0.15) is 12.6 Å². The second-order valence-electron chi connectivity index (χ2n) is 4.67. The van der Waals surface area contributed by atoms with Crippen LogP contribution in [-0.4, -0.2) is 42.0 Å². The van der Waals surface area contributed by atoms with Crippen molar-refractivity contribution in [2.24, 2.45) is 0 Å². The molecule has 6 heteroatoms. The van der Waals surface area contributed by atoms with Gasteiger partial charge in [0.25, 0.3) is 0 Å². The molecule has 18 heavy (non-hydrogen) atoms. The Morgan fingerprint density at radius 2 is 2.06 bits per heavy atom. The molecule has 0 spiro atoms. The minimum Gasteiger partial charge on any atom is -0.480 e. The lowest BCUT2D eigenvalue weighted by Crippen LogP contribution is -2.42. The molecule has 0 radical (unpaired) electrons. The monoisotopic (exact) mass is 259 g/mol. The van der Waals surface area contributed by atoms with Crippen LogP contribution in [-0.2, 0) is 14.3 Å². The molecular weight excluding hydrogens is 238 g/mol. The Kier molecular flexibility index (Phi) is 7.04. The van der Waals surface area contributed by atoms with E-state index in [1.165, 1.54) is 6.08 Å². The summed E-state index contributed by atoms with van der Waals surface area (Å²) in [6.07, 6.45) is 0.798. The molecule has 2 N–H and O–H groups in total. The number of nitrogens with one attached hydrogen (secondary N) is 1. The normalized spacial score (nSPS) is 12.6. The minimum atomic E-state index is -1.12. The number of carboxylic acids is 1. The van der Waals surface area contributed by atoms with Crippen LogP contribution in [0, 0.1) is 0 Å². The van der Waals surface area contributed by atoms with E-state index in [0.29, 0.717) is 0 Å². The zero-order chi connectivity index (χ0) is 14.2. The van der Waals surface area contributed by atoms with Crippen molar-refractivity contribution in [1.29, 1.82) is 0 Å². The maximum absolute atomic E-state index is 11.2. The molecule has 0 fully saturated rings. The van der Waals surface area contributed by atoms with Crippen LogP contribution in [0.5, 0.6) is 0 Å². The van der Waals surface area contributed by atoms with E-state index in [9.17, 15) is 9.59 Å². The van der Waals surface area contributed by atoms with Gasteiger partial charge in [0.2, 0.25) is 0 Å². The summed E-state index contributed by atoms with van der Waals surface area (Å²) in [5.41, 5.74) is -0.341. The molecule has 1 atom stereocenters. The van der Waals surface area contributed by atoms with E-state index < -0.39 is 18.1 Å². The van der Waals surface area contributed by atoms with E-state index in [4.69, 9.17) is 9.84 Å². The largest absolute Gasteiger partial charge is 0.480 e. The van der Waals surface area contributed by atoms with E-state index in [2.05, 4.69) is 16.6 Å². The van der Waals surface area contributed by atoms with Gasteiger partial charge in [-0.25, -0.2) is 9.59 Å². The average molecular weight is 259 g/mol. The van der Waals surface area contributed by atoms with E-state index in [0.717, 1.165) is 0 Å². The predicted molar refractivity (Wildman–Crippen MR) is 66.4 cm³/mol. The van der Waals surface area contributed by atoms with Gasteiger partial charge in [0.15, 0.2) is 0 Å². The zero-order valence-corrected chi connectivity index (χ0v) is 11.1. The molecule has 0 saturated carbocycles. The summed E-state index contributed by atoms with van der Waals surface area (Å²) in [4.78, 5) is 22.1. The van der Waals surface area contributed by atoms with Gasteiger partial charge in [-0.3, -0.25) is 0 Å². The van der Waals surface area contributed by atoms with Gasteiger partial charge in [-0.1, -0.05) is 12.7 Å². The summed E-state index contributed by atoms with van der Waals surface area (Å²) in [6.45, 7) is 9.27. The maximum Gasteiger partial charge on any atom is 0.408 e. The van der Waals surface area contributed by atoms with E-state index >= 15 is 0 Å². The first-order valence-corrected chi connectivity index (χ1v) is 5.67. The first-order valence-electron chi connectivity index (χ1n) is 5.67. The fraction of sp³-hybridized carbons (Fsp3) is 0.667. The Morgan fingerprint density at radius 1 is 1.44 bits per heavy atom. The highest BCUT2D eigenvalue weighted by atomic mass is 16.5. The van der Waals surface area contributed by atoms with Gasteiger partial charge in [-0.2, -0.15) is 0 Å². The van der Waals surface area contributed by atoms with Crippen LogP contribution in [0.15, 0.2) is 12.7 Å². The maximum atomic E-state index is 11.2. The second kappa shape index (κ2) is 7.71. The van der Waals surface area contributed by atoms with Gasteiger partial charge < -0.3 is 19.9 Å². The van der Waals surface area contributed by atoms with Crippen molar-refractivity contribution in [1.82, 2.24) is 5.32 Å². The fourth-order valence-electron chi connectivity index (χ4n) is 1.06. The van der Waals surface area contributed by atoms with Gasteiger partial charge >= 0.3 is 12.1 Å².